The van der Waals surface area contributed by atoms with Crippen molar-refractivity contribution in [2.45, 2.75) is 18.1 Å². The van der Waals surface area contributed by atoms with Crippen molar-refractivity contribution in [3.63, 3.8) is 0 Å². The van der Waals surface area contributed by atoms with Crippen LogP contribution in [0.1, 0.15) is 5.56 Å². The molecular formula is C8H13N3O2S. The lowest BCUT2D eigenvalue weighted by Crippen LogP contribution is -2.15. The summed E-state index contributed by atoms with van der Waals surface area (Å²) < 4.78 is 0. The fourth-order valence-electron chi connectivity index (χ4n) is 0.813. The van der Waals surface area contributed by atoms with Crippen molar-refractivity contribution in [2.24, 2.45) is 0 Å². The van der Waals surface area contributed by atoms with E-state index in [-0.39, 0.29) is 12.6 Å². The summed E-state index contributed by atoms with van der Waals surface area (Å²) in [7, 11) is 0. The van der Waals surface area contributed by atoms with E-state index in [9.17, 15) is 0 Å². The fraction of sp³-hybridized carbons (Fsp3) is 0.500. The Morgan fingerprint density at radius 3 is 3.00 bits per heavy atom. The standard InChI is InChI=1S/C8H13N3O2S/c1-5-2-10-8(9)11-7(5)14-4-6(13)3-12/h2,6,12-13H,3-4H2,1H3,(H2,9,10,11). The van der Waals surface area contributed by atoms with Gasteiger partial charge in [0.15, 0.2) is 0 Å². The van der Waals surface area contributed by atoms with Gasteiger partial charge in [-0.05, 0) is 12.5 Å². The number of aromatic nitrogens is 2. The Hall–Kier alpha value is -0.850. The molecule has 0 radical (unpaired) electrons. The van der Waals surface area contributed by atoms with Gasteiger partial charge in [0.2, 0.25) is 5.95 Å². The Bertz CT molecular complexity index is 309. The minimum atomic E-state index is -0.726. The number of hydrogen-bond donors (Lipinski definition) is 3. The van der Waals surface area contributed by atoms with E-state index in [1.807, 2.05) is 6.92 Å². The molecule has 6 heteroatoms. The Labute approximate surface area is 86.4 Å². The summed E-state index contributed by atoms with van der Waals surface area (Å²) in [6.07, 6.45) is 0.909. The first-order valence-corrected chi connectivity index (χ1v) is 5.13. The zero-order valence-electron chi connectivity index (χ0n) is 7.84. The molecule has 14 heavy (non-hydrogen) atoms. The predicted molar refractivity (Wildman–Crippen MR) is 55.0 cm³/mol. The van der Waals surface area contributed by atoms with E-state index in [1.54, 1.807) is 6.20 Å². The number of nitrogens with zero attached hydrogens (tertiary/aromatic N) is 2. The van der Waals surface area contributed by atoms with Gasteiger partial charge in [0.05, 0.1) is 12.7 Å². The Morgan fingerprint density at radius 2 is 2.36 bits per heavy atom. The van der Waals surface area contributed by atoms with Gasteiger partial charge in [-0.3, -0.25) is 0 Å². The van der Waals surface area contributed by atoms with Gasteiger partial charge >= 0.3 is 0 Å². The zero-order valence-corrected chi connectivity index (χ0v) is 8.66. The number of thioether (sulfide) groups is 1. The second-order valence-electron chi connectivity index (χ2n) is 2.86. The van der Waals surface area contributed by atoms with Crippen molar-refractivity contribution >= 4 is 17.7 Å². The topological polar surface area (TPSA) is 92.3 Å². The molecule has 5 nitrogen and oxygen atoms in total. The van der Waals surface area contributed by atoms with E-state index in [2.05, 4.69) is 9.97 Å². The molecule has 1 rings (SSSR count). The van der Waals surface area contributed by atoms with Crippen LogP contribution in [-0.2, 0) is 0 Å². The number of hydrogen-bond acceptors (Lipinski definition) is 6. The molecule has 0 saturated carbocycles. The second kappa shape index (κ2) is 5.14. The molecule has 0 bridgehead atoms. The van der Waals surface area contributed by atoms with E-state index in [0.717, 1.165) is 10.6 Å². The van der Waals surface area contributed by atoms with Crippen LogP contribution in [0.15, 0.2) is 11.2 Å². The molecule has 0 aromatic carbocycles. The summed E-state index contributed by atoms with van der Waals surface area (Å²) in [5.74, 6) is 0.616. The summed E-state index contributed by atoms with van der Waals surface area (Å²) in [4.78, 5) is 7.84. The summed E-state index contributed by atoms with van der Waals surface area (Å²) in [6.45, 7) is 1.62. The lowest BCUT2D eigenvalue weighted by molar-refractivity contribution is 0.113. The number of rotatable bonds is 4. The highest BCUT2D eigenvalue weighted by Gasteiger charge is 2.07. The van der Waals surface area contributed by atoms with Crippen molar-refractivity contribution in [1.29, 1.82) is 0 Å². The van der Waals surface area contributed by atoms with Crippen molar-refractivity contribution in [2.75, 3.05) is 18.1 Å². The van der Waals surface area contributed by atoms with Crippen LogP contribution in [0.2, 0.25) is 0 Å². The van der Waals surface area contributed by atoms with Crippen LogP contribution < -0.4 is 5.73 Å². The third-order valence-corrected chi connectivity index (χ3v) is 2.81. The van der Waals surface area contributed by atoms with Gasteiger partial charge in [0, 0.05) is 11.9 Å². The lowest BCUT2D eigenvalue weighted by atomic mass is 10.4. The van der Waals surface area contributed by atoms with E-state index in [0.29, 0.717) is 5.75 Å². The molecule has 0 aliphatic carbocycles. The van der Waals surface area contributed by atoms with E-state index < -0.39 is 6.10 Å². The van der Waals surface area contributed by atoms with Crippen LogP contribution in [0.4, 0.5) is 5.95 Å². The number of aryl methyl sites for hydroxylation is 1. The summed E-state index contributed by atoms with van der Waals surface area (Å²) in [6, 6.07) is 0. The van der Waals surface area contributed by atoms with Gasteiger partial charge < -0.3 is 15.9 Å². The maximum absolute atomic E-state index is 9.13. The monoisotopic (exact) mass is 215 g/mol. The largest absolute Gasteiger partial charge is 0.394 e. The highest BCUT2D eigenvalue weighted by atomic mass is 32.2. The van der Waals surface area contributed by atoms with Crippen LogP contribution in [-0.4, -0.2) is 38.6 Å². The average Bonchev–Trinajstić information content (AvgIpc) is 2.19. The van der Waals surface area contributed by atoms with Gasteiger partial charge in [-0.2, -0.15) is 0 Å². The third-order valence-electron chi connectivity index (χ3n) is 1.57. The fourth-order valence-corrected chi connectivity index (χ4v) is 1.71. The molecule has 0 amide bonds. The smallest absolute Gasteiger partial charge is 0.221 e. The molecule has 1 aromatic heterocycles. The molecule has 4 N–H and O–H groups in total. The molecular weight excluding hydrogens is 202 g/mol. The average molecular weight is 215 g/mol. The third kappa shape index (κ3) is 3.13. The van der Waals surface area contributed by atoms with E-state index in [4.69, 9.17) is 15.9 Å². The van der Waals surface area contributed by atoms with Gasteiger partial charge in [-0.25, -0.2) is 9.97 Å². The number of nitrogen functional groups attached to an aromatic ring is 1. The van der Waals surface area contributed by atoms with Crippen LogP contribution >= 0.6 is 11.8 Å². The number of anilines is 1. The van der Waals surface area contributed by atoms with Crippen molar-refractivity contribution in [3.05, 3.63) is 11.8 Å². The maximum Gasteiger partial charge on any atom is 0.221 e. The van der Waals surface area contributed by atoms with Gasteiger partial charge in [0.1, 0.15) is 5.03 Å². The predicted octanol–water partition coefficient (Wildman–Crippen LogP) is -0.187. The van der Waals surface area contributed by atoms with Crippen LogP contribution in [0.5, 0.6) is 0 Å². The summed E-state index contributed by atoms with van der Waals surface area (Å²) in [5, 5.41) is 18.5. The molecule has 1 unspecified atom stereocenters. The molecule has 0 aliphatic heterocycles. The first-order chi connectivity index (χ1) is 6.63. The summed E-state index contributed by atoms with van der Waals surface area (Å²) in [5.41, 5.74) is 6.33. The van der Waals surface area contributed by atoms with Crippen LogP contribution in [0, 0.1) is 6.92 Å². The van der Waals surface area contributed by atoms with Crippen molar-refractivity contribution in [3.8, 4) is 0 Å². The van der Waals surface area contributed by atoms with Crippen molar-refractivity contribution < 1.29 is 10.2 Å². The minimum absolute atomic E-state index is 0.219. The highest BCUT2D eigenvalue weighted by molar-refractivity contribution is 7.99. The second-order valence-corrected chi connectivity index (χ2v) is 3.87. The SMILES string of the molecule is Cc1cnc(N)nc1SCC(O)CO. The molecule has 0 spiro atoms. The molecule has 78 valence electrons. The van der Waals surface area contributed by atoms with Gasteiger partial charge in [-0.1, -0.05) is 0 Å². The Balaban J connectivity index is 2.62. The van der Waals surface area contributed by atoms with Crippen LogP contribution in [0.3, 0.4) is 0 Å². The Kier molecular flexibility index (Phi) is 4.12. The van der Waals surface area contributed by atoms with Gasteiger partial charge in [0.25, 0.3) is 0 Å². The first kappa shape index (κ1) is 11.2. The van der Waals surface area contributed by atoms with E-state index >= 15 is 0 Å². The zero-order chi connectivity index (χ0) is 10.6. The molecule has 0 saturated heterocycles. The maximum atomic E-state index is 9.13. The van der Waals surface area contributed by atoms with E-state index in [1.165, 1.54) is 11.8 Å². The quantitative estimate of drug-likeness (QED) is 0.476. The number of aliphatic hydroxyl groups excluding tert-OH is 2. The molecule has 1 aromatic rings. The van der Waals surface area contributed by atoms with Crippen molar-refractivity contribution in [1.82, 2.24) is 9.97 Å². The molecule has 0 aliphatic rings. The molecule has 1 heterocycles. The number of aliphatic hydroxyl groups is 2. The normalized spacial score (nSPS) is 12.8. The summed E-state index contributed by atoms with van der Waals surface area (Å²) >= 11 is 1.35. The van der Waals surface area contributed by atoms with Gasteiger partial charge in [-0.15, -0.1) is 11.8 Å². The molecule has 1 atom stereocenters. The lowest BCUT2D eigenvalue weighted by Gasteiger charge is -2.07. The number of nitrogens with two attached hydrogens (primary N) is 1. The Morgan fingerprint density at radius 1 is 1.64 bits per heavy atom. The highest BCUT2D eigenvalue weighted by Crippen LogP contribution is 2.20. The minimum Gasteiger partial charge on any atom is -0.394 e. The first-order valence-electron chi connectivity index (χ1n) is 4.14. The molecule has 0 fully saturated rings. The van der Waals surface area contributed by atoms with Crippen LogP contribution in [0.25, 0.3) is 0 Å².